The molecule has 1 aliphatic rings. The van der Waals surface area contributed by atoms with Crippen molar-refractivity contribution in [2.24, 2.45) is 0 Å². The highest BCUT2D eigenvalue weighted by Gasteiger charge is 2.21. The summed E-state index contributed by atoms with van der Waals surface area (Å²) in [7, 11) is 0. The zero-order valence-corrected chi connectivity index (χ0v) is 15.8. The average Bonchev–Trinajstić information content (AvgIpc) is 2.70. The smallest absolute Gasteiger partial charge is 0.254 e. The lowest BCUT2D eigenvalue weighted by Gasteiger charge is -2.22. The first-order valence-corrected chi connectivity index (χ1v) is 8.78. The maximum Gasteiger partial charge on any atom is 0.254 e. The van der Waals surface area contributed by atoms with Crippen molar-refractivity contribution in [2.45, 2.75) is 12.5 Å². The summed E-state index contributed by atoms with van der Waals surface area (Å²) in [5.41, 5.74) is 2.39. The van der Waals surface area contributed by atoms with Gasteiger partial charge in [0.15, 0.2) is 0 Å². The zero-order chi connectivity index (χ0) is 18.2. The van der Waals surface area contributed by atoms with E-state index >= 15 is 0 Å². The van der Waals surface area contributed by atoms with E-state index in [1.54, 1.807) is 24.3 Å². The Bertz CT molecular complexity index is 732. The van der Waals surface area contributed by atoms with E-state index in [9.17, 15) is 9.59 Å². The Morgan fingerprint density at radius 3 is 2.48 bits per heavy atom. The van der Waals surface area contributed by atoms with E-state index in [-0.39, 0.29) is 24.2 Å². The van der Waals surface area contributed by atoms with Crippen LogP contribution in [0.2, 0.25) is 0 Å². The van der Waals surface area contributed by atoms with Crippen molar-refractivity contribution in [2.75, 3.05) is 31.6 Å². The Morgan fingerprint density at radius 2 is 1.81 bits per heavy atom. The fraction of sp³-hybridized carbons (Fsp3) is 0.300. The van der Waals surface area contributed by atoms with Crippen LogP contribution < -0.4 is 16.0 Å². The quantitative estimate of drug-likeness (QED) is 0.706. The third-order valence-corrected chi connectivity index (χ3v) is 4.18. The molecule has 7 heteroatoms. The molecule has 1 atom stereocenters. The second kappa shape index (κ2) is 10.7. The number of amides is 2. The lowest BCUT2D eigenvalue weighted by Crippen LogP contribution is -2.45. The normalized spacial score (nSPS) is 16.1. The third kappa shape index (κ3) is 6.36. The highest BCUT2D eigenvalue weighted by Crippen LogP contribution is 2.11. The zero-order valence-electron chi connectivity index (χ0n) is 14.9. The lowest BCUT2D eigenvalue weighted by atomic mass is 10.1. The number of halogens is 1. The van der Waals surface area contributed by atoms with Crippen molar-refractivity contribution >= 4 is 29.9 Å². The highest BCUT2D eigenvalue weighted by molar-refractivity contribution is 5.97. The molecular formula is C20H24ClN3O3. The van der Waals surface area contributed by atoms with Gasteiger partial charge in [0, 0.05) is 30.9 Å². The molecule has 3 N–H and O–H groups in total. The number of ether oxygens (including phenoxy) is 1. The number of morpholine rings is 1. The van der Waals surface area contributed by atoms with Gasteiger partial charge in [0.1, 0.15) is 6.10 Å². The molecule has 2 amide bonds. The van der Waals surface area contributed by atoms with Gasteiger partial charge >= 0.3 is 0 Å². The van der Waals surface area contributed by atoms with E-state index in [0.29, 0.717) is 30.9 Å². The lowest BCUT2D eigenvalue weighted by molar-refractivity contribution is -0.128. The van der Waals surface area contributed by atoms with E-state index < -0.39 is 6.10 Å². The number of hydrogen-bond acceptors (Lipinski definition) is 4. The SMILES string of the molecule is Cl.O=C(NCCc1ccccc1)c1ccc(NC(=O)[C@H]2CNCCO2)cc1. The molecule has 0 aliphatic carbocycles. The predicted octanol–water partition coefficient (Wildman–Crippen LogP) is 2.01. The van der Waals surface area contributed by atoms with Gasteiger partial charge < -0.3 is 20.7 Å². The van der Waals surface area contributed by atoms with Gasteiger partial charge in [-0.3, -0.25) is 9.59 Å². The molecule has 1 fully saturated rings. The molecule has 0 spiro atoms. The summed E-state index contributed by atoms with van der Waals surface area (Å²) in [6.45, 7) is 2.37. The van der Waals surface area contributed by atoms with Crippen LogP contribution in [0.4, 0.5) is 5.69 Å². The molecule has 3 rings (SSSR count). The van der Waals surface area contributed by atoms with E-state index in [1.807, 2.05) is 30.3 Å². The minimum Gasteiger partial charge on any atom is -0.366 e. The van der Waals surface area contributed by atoms with Crippen LogP contribution in [0.15, 0.2) is 54.6 Å². The number of anilines is 1. The molecule has 1 aliphatic heterocycles. The largest absolute Gasteiger partial charge is 0.366 e. The molecule has 0 saturated carbocycles. The Labute approximate surface area is 165 Å². The maximum absolute atomic E-state index is 12.2. The summed E-state index contributed by atoms with van der Waals surface area (Å²) in [5, 5.41) is 8.83. The fourth-order valence-electron chi connectivity index (χ4n) is 2.73. The van der Waals surface area contributed by atoms with E-state index in [4.69, 9.17) is 4.74 Å². The van der Waals surface area contributed by atoms with Crippen molar-refractivity contribution < 1.29 is 14.3 Å². The molecular weight excluding hydrogens is 366 g/mol. The average molecular weight is 390 g/mol. The fourth-order valence-corrected chi connectivity index (χ4v) is 2.73. The van der Waals surface area contributed by atoms with Crippen molar-refractivity contribution in [3.05, 3.63) is 65.7 Å². The second-order valence-electron chi connectivity index (χ2n) is 6.12. The summed E-state index contributed by atoms with van der Waals surface area (Å²) in [6, 6.07) is 16.9. The van der Waals surface area contributed by atoms with Crippen LogP contribution in [0.1, 0.15) is 15.9 Å². The summed E-state index contributed by atoms with van der Waals surface area (Å²) in [5.74, 6) is -0.309. The van der Waals surface area contributed by atoms with Crippen molar-refractivity contribution in [1.82, 2.24) is 10.6 Å². The van der Waals surface area contributed by atoms with Crippen LogP contribution >= 0.6 is 12.4 Å². The Balaban J connectivity index is 0.00000261. The molecule has 27 heavy (non-hydrogen) atoms. The molecule has 1 saturated heterocycles. The number of carbonyl (C=O) groups is 2. The van der Waals surface area contributed by atoms with Crippen LogP contribution in [-0.4, -0.2) is 44.2 Å². The molecule has 1 heterocycles. The van der Waals surface area contributed by atoms with Gasteiger partial charge in [-0.25, -0.2) is 0 Å². The standard InChI is InChI=1S/C20H23N3O3.ClH/c24-19(22-11-10-15-4-2-1-3-5-15)16-6-8-17(9-7-16)23-20(25)18-14-21-12-13-26-18;/h1-9,18,21H,10-14H2,(H,22,24)(H,23,25);1H/t18-;/m1./s1. The van der Waals surface area contributed by atoms with Gasteiger partial charge in [-0.15, -0.1) is 12.4 Å². The van der Waals surface area contributed by atoms with Crippen LogP contribution in [0.5, 0.6) is 0 Å². The van der Waals surface area contributed by atoms with Crippen molar-refractivity contribution in [1.29, 1.82) is 0 Å². The molecule has 0 radical (unpaired) electrons. The summed E-state index contributed by atoms with van der Waals surface area (Å²) in [6.07, 6.45) is 0.306. The predicted molar refractivity (Wildman–Crippen MR) is 107 cm³/mol. The Hall–Kier alpha value is -2.41. The van der Waals surface area contributed by atoms with Gasteiger partial charge in [0.25, 0.3) is 11.8 Å². The first-order chi connectivity index (χ1) is 12.7. The number of benzene rings is 2. The summed E-state index contributed by atoms with van der Waals surface area (Å²) < 4.78 is 5.42. The van der Waals surface area contributed by atoms with Gasteiger partial charge in [-0.2, -0.15) is 0 Å². The minimum absolute atomic E-state index is 0. The Kier molecular flexibility index (Phi) is 8.26. The van der Waals surface area contributed by atoms with Crippen molar-refractivity contribution in [3.8, 4) is 0 Å². The maximum atomic E-state index is 12.2. The first-order valence-electron chi connectivity index (χ1n) is 8.78. The Morgan fingerprint density at radius 1 is 1.07 bits per heavy atom. The summed E-state index contributed by atoms with van der Waals surface area (Å²) in [4.78, 5) is 24.3. The molecule has 0 bridgehead atoms. The minimum atomic E-state index is -0.482. The van der Waals surface area contributed by atoms with E-state index in [0.717, 1.165) is 13.0 Å². The van der Waals surface area contributed by atoms with Crippen molar-refractivity contribution in [3.63, 3.8) is 0 Å². The molecule has 0 aromatic heterocycles. The van der Waals surface area contributed by atoms with Crippen LogP contribution in [-0.2, 0) is 16.0 Å². The van der Waals surface area contributed by atoms with Gasteiger partial charge in [-0.05, 0) is 36.2 Å². The van der Waals surface area contributed by atoms with Gasteiger partial charge in [-0.1, -0.05) is 30.3 Å². The van der Waals surface area contributed by atoms with Gasteiger partial charge in [0.05, 0.1) is 6.61 Å². The van der Waals surface area contributed by atoms with E-state index in [1.165, 1.54) is 5.56 Å². The topological polar surface area (TPSA) is 79.5 Å². The van der Waals surface area contributed by atoms with Crippen LogP contribution in [0, 0.1) is 0 Å². The highest BCUT2D eigenvalue weighted by atomic mass is 35.5. The van der Waals surface area contributed by atoms with Gasteiger partial charge in [0.2, 0.25) is 0 Å². The third-order valence-electron chi connectivity index (χ3n) is 4.18. The molecule has 2 aromatic rings. The number of carbonyl (C=O) groups excluding carboxylic acids is 2. The number of nitrogens with one attached hydrogen (secondary N) is 3. The monoisotopic (exact) mass is 389 g/mol. The molecule has 2 aromatic carbocycles. The molecule has 144 valence electrons. The molecule has 0 unspecified atom stereocenters. The number of rotatable bonds is 6. The summed E-state index contributed by atoms with van der Waals surface area (Å²) >= 11 is 0. The number of hydrogen-bond donors (Lipinski definition) is 3. The molecule has 6 nitrogen and oxygen atoms in total. The first kappa shape index (κ1) is 20.9. The van der Waals surface area contributed by atoms with Crippen LogP contribution in [0.3, 0.4) is 0 Å². The van der Waals surface area contributed by atoms with Crippen LogP contribution in [0.25, 0.3) is 0 Å². The van der Waals surface area contributed by atoms with E-state index in [2.05, 4.69) is 16.0 Å². The second-order valence-corrected chi connectivity index (χ2v) is 6.12.